The van der Waals surface area contributed by atoms with E-state index in [1.54, 1.807) is 36.4 Å². The zero-order valence-electron chi connectivity index (χ0n) is 16.6. The van der Waals surface area contributed by atoms with Gasteiger partial charge >= 0.3 is 11.1 Å². The van der Waals surface area contributed by atoms with Crippen LogP contribution in [0.15, 0.2) is 88.5 Å². The second-order valence-electron chi connectivity index (χ2n) is 7.16. The summed E-state index contributed by atoms with van der Waals surface area (Å²) < 4.78 is 15.9. The second kappa shape index (κ2) is 8.79. The molecule has 0 saturated carbocycles. The first-order chi connectivity index (χ1) is 15.0. The SMILES string of the molecule is O=C(Cn1c(=O)c(=O)n(Cc2ccccc2)c2ccccc21)NCc1cccc(F)c1. The molecule has 31 heavy (non-hydrogen) atoms. The van der Waals surface area contributed by atoms with Gasteiger partial charge < -0.3 is 5.32 Å². The van der Waals surface area contributed by atoms with Crippen LogP contribution in [-0.2, 0) is 24.4 Å². The predicted octanol–water partition coefficient (Wildman–Crippen LogP) is 2.67. The highest BCUT2D eigenvalue weighted by Gasteiger charge is 2.15. The fourth-order valence-electron chi connectivity index (χ4n) is 3.50. The summed E-state index contributed by atoms with van der Waals surface area (Å²) >= 11 is 0. The van der Waals surface area contributed by atoms with Crippen molar-refractivity contribution in [3.8, 4) is 0 Å². The topological polar surface area (TPSA) is 73.1 Å². The molecule has 7 heteroatoms. The maximum Gasteiger partial charge on any atom is 0.317 e. The Morgan fingerprint density at radius 3 is 2.10 bits per heavy atom. The number of amides is 1. The summed E-state index contributed by atoms with van der Waals surface area (Å²) in [4.78, 5) is 38.2. The Hall–Kier alpha value is -4.00. The van der Waals surface area contributed by atoms with Crippen molar-refractivity contribution in [1.82, 2.24) is 14.5 Å². The molecule has 4 aromatic rings. The van der Waals surface area contributed by atoms with Crippen molar-refractivity contribution in [2.75, 3.05) is 0 Å². The molecule has 0 aliphatic rings. The van der Waals surface area contributed by atoms with Crippen LogP contribution >= 0.6 is 0 Å². The van der Waals surface area contributed by atoms with Gasteiger partial charge in [-0.1, -0.05) is 54.6 Å². The van der Waals surface area contributed by atoms with Gasteiger partial charge in [0.1, 0.15) is 12.4 Å². The molecule has 4 rings (SSSR count). The molecular formula is C24H20FN3O3. The molecule has 6 nitrogen and oxygen atoms in total. The van der Waals surface area contributed by atoms with E-state index in [-0.39, 0.29) is 19.6 Å². The predicted molar refractivity (Wildman–Crippen MR) is 116 cm³/mol. The van der Waals surface area contributed by atoms with Crippen molar-refractivity contribution in [3.63, 3.8) is 0 Å². The smallest absolute Gasteiger partial charge is 0.317 e. The lowest BCUT2D eigenvalue weighted by Crippen LogP contribution is -2.44. The van der Waals surface area contributed by atoms with Crippen molar-refractivity contribution in [3.05, 3.63) is 117 Å². The summed E-state index contributed by atoms with van der Waals surface area (Å²) in [5, 5.41) is 2.67. The molecule has 1 heterocycles. The molecule has 0 bridgehead atoms. The Bertz CT molecular complexity index is 1360. The lowest BCUT2D eigenvalue weighted by molar-refractivity contribution is -0.121. The molecule has 0 fully saturated rings. The van der Waals surface area contributed by atoms with Gasteiger partial charge in [-0.05, 0) is 35.4 Å². The number of rotatable bonds is 6. The van der Waals surface area contributed by atoms with Crippen LogP contribution in [0.3, 0.4) is 0 Å². The Morgan fingerprint density at radius 1 is 0.774 bits per heavy atom. The summed E-state index contributed by atoms with van der Waals surface area (Å²) in [7, 11) is 0. The summed E-state index contributed by atoms with van der Waals surface area (Å²) in [5.41, 5.74) is 1.08. The quantitative estimate of drug-likeness (QED) is 0.490. The van der Waals surface area contributed by atoms with Crippen LogP contribution in [-0.4, -0.2) is 15.0 Å². The fraction of sp³-hybridized carbons (Fsp3) is 0.125. The molecule has 0 aliphatic carbocycles. The molecule has 0 atom stereocenters. The van der Waals surface area contributed by atoms with E-state index in [2.05, 4.69) is 5.32 Å². The van der Waals surface area contributed by atoms with Crippen molar-refractivity contribution >= 4 is 16.9 Å². The lowest BCUT2D eigenvalue weighted by Gasteiger charge is -2.15. The maximum absolute atomic E-state index is 13.3. The average molecular weight is 417 g/mol. The van der Waals surface area contributed by atoms with Gasteiger partial charge in [0.25, 0.3) is 0 Å². The standard InChI is InChI=1S/C24H20FN3O3/c25-19-10-6-9-18(13-19)14-26-22(29)16-28-21-12-5-4-11-20(21)27(23(30)24(28)31)15-17-7-2-1-3-8-17/h1-13H,14-16H2,(H,26,29). The summed E-state index contributed by atoms with van der Waals surface area (Å²) in [6.45, 7) is 0.0620. The first kappa shape index (κ1) is 20.3. The number of benzene rings is 3. The molecule has 0 saturated heterocycles. The molecule has 3 aromatic carbocycles. The molecule has 1 N–H and O–H groups in total. The average Bonchev–Trinajstić information content (AvgIpc) is 2.79. The van der Waals surface area contributed by atoms with Gasteiger partial charge in [-0.25, -0.2) is 4.39 Å². The van der Waals surface area contributed by atoms with Crippen LogP contribution in [0, 0.1) is 5.82 Å². The third-order valence-electron chi connectivity index (χ3n) is 5.00. The van der Waals surface area contributed by atoms with Crippen LogP contribution in [0.4, 0.5) is 4.39 Å². The molecule has 0 radical (unpaired) electrons. The molecule has 1 aromatic heterocycles. The molecule has 156 valence electrons. The number of carbonyl (C=O) groups excluding carboxylic acids is 1. The Labute approximate surface area is 177 Å². The number of fused-ring (bicyclic) bond motifs is 1. The van der Waals surface area contributed by atoms with Crippen molar-refractivity contribution in [2.45, 2.75) is 19.6 Å². The Balaban J connectivity index is 1.65. The summed E-state index contributed by atoms with van der Waals surface area (Å²) in [6.07, 6.45) is 0. The minimum absolute atomic E-state index is 0.119. The van der Waals surface area contributed by atoms with Gasteiger partial charge in [-0.2, -0.15) is 0 Å². The van der Waals surface area contributed by atoms with E-state index >= 15 is 0 Å². The Morgan fingerprint density at radius 2 is 1.39 bits per heavy atom. The first-order valence-electron chi connectivity index (χ1n) is 9.80. The van der Waals surface area contributed by atoms with Crippen LogP contribution in [0.25, 0.3) is 11.0 Å². The third kappa shape index (κ3) is 4.45. The first-order valence-corrected chi connectivity index (χ1v) is 9.80. The van der Waals surface area contributed by atoms with E-state index in [0.717, 1.165) is 5.56 Å². The highest BCUT2D eigenvalue weighted by molar-refractivity contribution is 5.80. The molecule has 0 unspecified atom stereocenters. The van der Waals surface area contributed by atoms with Crippen LogP contribution in [0.5, 0.6) is 0 Å². The minimum atomic E-state index is -0.768. The van der Waals surface area contributed by atoms with E-state index in [4.69, 9.17) is 0 Å². The number of hydrogen-bond acceptors (Lipinski definition) is 3. The van der Waals surface area contributed by atoms with Gasteiger partial charge in [0.15, 0.2) is 0 Å². The second-order valence-corrected chi connectivity index (χ2v) is 7.16. The highest BCUT2D eigenvalue weighted by atomic mass is 19.1. The maximum atomic E-state index is 13.3. The third-order valence-corrected chi connectivity index (χ3v) is 5.00. The van der Waals surface area contributed by atoms with Gasteiger partial charge in [-0.15, -0.1) is 0 Å². The van der Waals surface area contributed by atoms with E-state index in [1.807, 2.05) is 30.3 Å². The van der Waals surface area contributed by atoms with Crippen LogP contribution < -0.4 is 16.4 Å². The highest BCUT2D eigenvalue weighted by Crippen LogP contribution is 2.12. The lowest BCUT2D eigenvalue weighted by atomic mass is 10.2. The zero-order valence-corrected chi connectivity index (χ0v) is 16.6. The van der Waals surface area contributed by atoms with E-state index < -0.39 is 22.8 Å². The van der Waals surface area contributed by atoms with Gasteiger partial charge in [-0.3, -0.25) is 23.5 Å². The molecule has 1 amide bonds. The largest absolute Gasteiger partial charge is 0.350 e. The molecule has 0 spiro atoms. The van der Waals surface area contributed by atoms with Gasteiger partial charge in [0, 0.05) is 6.54 Å². The van der Waals surface area contributed by atoms with E-state index in [1.165, 1.54) is 21.3 Å². The fourth-order valence-corrected chi connectivity index (χ4v) is 3.50. The normalized spacial score (nSPS) is 10.9. The van der Waals surface area contributed by atoms with Gasteiger partial charge in [0.05, 0.1) is 17.6 Å². The minimum Gasteiger partial charge on any atom is -0.350 e. The van der Waals surface area contributed by atoms with E-state index in [0.29, 0.717) is 16.6 Å². The number of nitrogens with zero attached hydrogens (tertiary/aromatic N) is 2. The number of aromatic nitrogens is 2. The monoisotopic (exact) mass is 417 g/mol. The van der Waals surface area contributed by atoms with Gasteiger partial charge in [0.2, 0.25) is 5.91 Å². The van der Waals surface area contributed by atoms with Crippen LogP contribution in [0.2, 0.25) is 0 Å². The number of hydrogen-bond donors (Lipinski definition) is 1. The van der Waals surface area contributed by atoms with E-state index in [9.17, 15) is 18.8 Å². The molecular weight excluding hydrogens is 397 g/mol. The van der Waals surface area contributed by atoms with Crippen LogP contribution in [0.1, 0.15) is 11.1 Å². The number of nitrogens with one attached hydrogen (secondary N) is 1. The zero-order chi connectivity index (χ0) is 21.8. The number of carbonyl (C=O) groups is 1. The molecule has 0 aliphatic heterocycles. The summed E-state index contributed by atoms with van der Waals surface area (Å²) in [5.74, 6) is -0.840. The summed E-state index contributed by atoms with van der Waals surface area (Å²) in [6, 6.07) is 22.3. The van der Waals surface area contributed by atoms with Crippen molar-refractivity contribution in [1.29, 1.82) is 0 Å². The number of para-hydroxylation sites is 2. The Kier molecular flexibility index (Phi) is 5.75. The number of halogens is 1. The van der Waals surface area contributed by atoms with Crippen molar-refractivity contribution in [2.24, 2.45) is 0 Å². The van der Waals surface area contributed by atoms with Crippen molar-refractivity contribution < 1.29 is 9.18 Å².